The molecule has 0 spiro atoms. The maximum Gasteiger partial charge on any atom is 0.509 e. The Bertz CT molecular complexity index is 482. The zero-order chi connectivity index (χ0) is 20.2. The van der Waals surface area contributed by atoms with Crippen molar-refractivity contribution in [3.05, 3.63) is 36.5 Å². The minimum atomic E-state index is -0.584. The van der Waals surface area contributed by atoms with Gasteiger partial charge in [0.05, 0.1) is 0 Å². The standard InChI is InChI=1S/C23H40O3/c1-9-10-11-12-13-14-15-16-17-22(5,6)18-23(7,8)26-21(24)25-20(4)19(2)3/h10-11,13-14,16-17,19-20H,9,12,15,18H2,1-8H3/b11-10-,14-13-,17-16-. The van der Waals surface area contributed by atoms with E-state index in [0.717, 1.165) is 25.7 Å². The highest BCUT2D eigenvalue weighted by molar-refractivity contribution is 5.60. The molecule has 3 nitrogen and oxygen atoms in total. The van der Waals surface area contributed by atoms with Crippen molar-refractivity contribution in [2.45, 2.75) is 92.8 Å². The third-order valence-electron chi connectivity index (χ3n) is 4.14. The summed E-state index contributed by atoms with van der Waals surface area (Å²) in [6.45, 7) is 16.2. The van der Waals surface area contributed by atoms with Gasteiger partial charge in [-0.05, 0) is 57.8 Å². The van der Waals surface area contributed by atoms with Gasteiger partial charge in [0.25, 0.3) is 0 Å². The number of carbonyl (C=O) groups is 1. The monoisotopic (exact) mass is 364 g/mol. The van der Waals surface area contributed by atoms with Gasteiger partial charge < -0.3 is 9.47 Å². The van der Waals surface area contributed by atoms with Gasteiger partial charge in [0, 0.05) is 0 Å². The van der Waals surface area contributed by atoms with Crippen molar-refractivity contribution in [2.24, 2.45) is 11.3 Å². The molecule has 0 aromatic rings. The lowest BCUT2D eigenvalue weighted by molar-refractivity contribution is -0.0504. The van der Waals surface area contributed by atoms with Gasteiger partial charge in [-0.25, -0.2) is 4.79 Å². The number of hydrogen-bond donors (Lipinski definition) is 0. The zero-order valence-corrected chi connectivity index (χ0v) is 18.2. The van der Waals surface area contributed by atoms with Crippen LogP contribution in [0, 0.1) is 11.3 Å². The van der Waals surface area contributed by atoms with Gasteiger partial charge >= 0.3 is 6.16 Å². The predicted octanol–water partition coefficient (Wildman–Crippen LogP) is 7.24. The highest BCUT2D eigenvalue weighted by atomic mass is 16.7. The molecule has 0 saturated carbocycles. The third-order valence-corrected chi connectivity index (χ3v) is 4.14. The molecule has 1 unspecified atom stereocenters. The summed E-state index contributed by atoms with van der Waals surface area (Å²) in [5, 5.41) is 0. The Morgan fingerprint density at radius 2 is 1.46 bits per heavy atom. The SMILES string of the molecule is CC/C=C\C/C=C\C/C=C\C(C)(C)CC(C)(C)OC(=O)OC(C)C(C)C. The van der Waals surface area contributed by atoms with Gasteiger partial charge in [0.1, 0.15) is 11.7 Å². The number of carbonyl (C=O) groups excluding carboxylic acids is 1. The Hall–Kier alpha value is -1.51. The first-order valence-electron chi connectivity index (χ1n) is 9.86. The van der Waals surface area contributed by atoms with Gasteiger partial charge in [0.15, 0.2) is 0 Å². The fourth-order valence-electron chi connectivity index (χ4n) is 2.73. The fourth-order valence-corrected chi connectivity index (χ4v) is 2.73. The molecule has 0 bridgehead atoms. The van der Waals surface area contributed by atoms with E-state index in [4.69, 9.17) is 9.47 Å². The first-order chi connectivity index (χ1) is 12.0. The van der Waals surface area contributed by atoms with Crippen molar-refractivity contribution in [1.29, 1.82) is 0 Å². The second kappa shape index (κ2) is 12.0. The Morgan fingerprint density at radius 3 is 2.00 bits per heavy atom. The lowest BCUT2D eigenvalue weighted by Crippen LogP contribution is -2.35. The van der Waals surface area contributed by atoms with Crippen molar-refractivity contribution in [2.75, 3.05) is 0 Å². The molecule has 0 aliphatic heterocycles. The van der Waals surface area contributed by atoms with E-state index >= 15 is 0 Å². The molecule has 0 amide bonds. The molecule has 0 aliphatic carbocycles. The molecule has 3 heteroatoms. The van der Waals surface area contributed by atoms with Crippen molar-refractivity contribution in [3.63, 3.8) is 0 Å². The summed E-state index contributed by atoms with van der Waals surface area (Å²) in [7, 11) is 0. The number of hydrogen-bond acceptors (Lipinski definition) is 3. The van der Waals surface area contributed by atoms with E-state index in [1.165, 1.54) is 0 Å². The first-order valence-corrected chi connectivity index (χ1v) is 9.86. The summed E-state index contributed by atoms with van der Waals surface area (Å²) in [4.78, 5) is 12.0. The average Bonchev–Trinajstić information content (AvgIpc) is 2.47. The maximum atomic E-state index is 12.0. The first kappa shape index (κ1) is 24.5. The Balaban J connectivity index is 4.45. The Labute approximate surface area is 161 Å². The van der Waals surface area contributed by atoms with Crippen LogP contribution >= 0.6 is 0 Å². The van der Waals surface area contributed by atoms with Gasteiger partial charge in [-0.15, -0.1) is 0 Å². The smallest absolute Gasteiger partial charge is 0.431 e. The summed E-state index contributed by atoms with van der Waals surface area (Å²) in [5.74, 6) is 0.274. The average molecular weight is 365 g/mol. The van der Waals surface area contributed by atoms with E-state index in [-0.39, 0.29) is 17.4 Å². The highest BCUT2D eigenvalue weighted by Gasteiger charge is 2.31. The summed E-state index contributed by atoms with van der Waals surface area (Å²) >= 11 is 0. The predicted molar refractivity (Wildman–Crippen MR) is 111 cm³/mol. The molecule has 0 saturated heterocycles. The molecular weight excluding hydrogens is 324 g/mol. The van der Waals surface area contributed by atoms with Crippen LogP contribution in [0.4, 0.5) is 4.79 Å². The number of allylic oxidation sites excluding steroid dienone is 6. The molecule has 1 atom stereocenters. The fraction of sp³-hybridized carbons (Fsp3) is 0.696. The van der Waals surface area contributed by atoms with Crippen LogP contribution < -0.4 is 0 Å². The van der Waals surface area contributed by atoms with Crippen LogP contribution in [0.25, 0.3) is 0 Å². The number of ether oxygens (including phenoxy) is 2. The molecule has 0 rings (SSSR count). The quantitative estimate of drug-likeness (QED) is 0.286. The molecule has 0 fully saturated rings. The lowest BCUT2D eigenvalue weighted by atomic mass is 9.81. The van der Waals surface area contributed by atoms with E-state index in [9.17, 15) is 4.79 Å². The van der Waals surface area contributed by atoms with E-state index in [2.05, 4.69) is 57.2 Å². The lowest BCUT2D eigenvalue weighted by Gasteiger charge is -2.33. The van der Waals surface area contributed by atoms with Crippen LogP contribution in [0.3, 0.4) is 0 Å². The van der Waals surface area contributed by atoms with Crippen LogP contribution in [0.15, 0.2) is 36.5 Å². The van der Waals surface area contributed by atoms with Gasteiger partial charge in [0.2, 0.25) is 0 Å². The molecule has 0 N–H and O–H groups in total. The highest BCUT2D eigenvalue weighted by Crippen LogP contribution is 2.32. The van der Waals surface area contributed by atoms with E-state index < -0.39 is 11.8 Å². The topological polar surface area (TPSA) is 35.5 Å². The molecule has 0 aromatic heterocycles. The Morgan fingerprint density at radius 1 is 0.923 bits per heavy atom. The second-order valence-corrected chi connectivity index (χ2v) is 8.57. The van der Waals surface area contributed by atoms with Crippen molar-refractivity contribution in [1.82, 2.24) is 0 Å². The largest absolute Gasteiger partial charge is 0.509 e. The number of rotatable bonds is 11. The van der Waals surface area contributed by atoms with Crippen LogP contribution in [-0.4, -0.2) is 17.9 Å². The molecular formula is C23H40O3. The normalized spacial score (nSPS) is 14.7. The van der Waals surface area contributed by atoms with E-state index in [1.54, 1.807) is 0 Å². The maximum absolute atomic E-state index is 12.0. The van der Waals surface area contributed by atoms with Gasteiger partial charge in [-0.2, -0.15) is 0 Å². The molecule has 0 radical (unpaired) electrons. The summed E-state index contributed by atoms with van der Waals surface area (Å²) in [5.41, 5.74) is -0.647. The summed E-state index contributed by atoms with van der Waals surface area (Å²) in [6.07, 6.45) is 16.1. The van der Waals surface area contributed by atoms with Crippen LogP contribution in [-0.2, 0) is 9.47 Å². The van der Waals surface area contributed by atoms with Crippen LogP contribution in [0.5, 0.6) is 0 Å². The third kappa shape index (κ3) is 12.8. The minimum absolute atomic E-state index is 0.0661. The molecule has 0 heterocycles. The van der Waals surface area contributed by atoms with E-state index in [0.29, 0.717) is 0 Å². The zero-order valence-electron chi connectivity index (χ0n) is 18.2. The second-order valence-electron chi connectivity index (χ2n) is 8.57. The van der Waals surface area contributed by atoms with Gasteiger partial charge in [-0.3, -0.25) is 0 Å². The van der Waals surface area contributed by atoms with Crippen LogP contribution in [0.1, 0.15) is 81.1 Å². The van der Waals surface area contributed by atoms with Gasteiger partial charge in [-0.1, -0.05) is 71.1 Å². The molecule has 0 aliphatic rings. The molecule has 0 aromatic carbocycles. The van der Waals surface area contributed by atoms with Crippen molar-refractivity contribution in [3.8, 4) is 0 Å². The van der Waals surface area contributed by atoms with Crippen molar-refractivity contribution >= 4 is 6.16 Å². The summed E-state index contributed by atoms with van der Waals surface area (Å²) < 4.78 is 10.9. The molecule has 150 valence electrons. The minimum Gasteiger partial charge on any atom is -0.431 e. The van der Waals surface area contributed by atoms with E-state index in [1.807, 2.05) is 34.6 Å². The van der Waals surface area contributed by atoms with Crippen molar-refractivity contribution < 1.29 is 14.3 Å². The van der Waals surface area contributed by atoms with Crippen LogP contribution in [0.2, 0.25) is 0 Å². The molecule has 26 heavy (non-hydrogen) atoms. The summed E-state index contributed by atoms with van der Waals surface area (Å²) in [6, 6.07) is 0. The Kier molecular flexibility index (Phi) is 11.3.